The lowest BCUT2D eigenvalue weighted by Crippen LogP contribution is -2.34. The Kier molecular flexibility index (Phi) is 4.69. The minimum absolute atomic E-state index is 0.0132. The minimum atomic E-state index is -0.0132. The number of amides is 1. The molecule has 0 aliphatic rings. The first-order valence-electron chi connectivity index (χ1n) is 4.92. The van der Waals surface area contributed by atoms with Crippen LogP contribution in [0, 0.1) is 0 Å². The highest BCUT2D eigenvalue weighted by molar-refractivity contribution is 5.77. The molecule has 1 aromatic rings. The normalized spacial score (nSPS) is 10.3. The van der Waals surface area contributed by atoms with E-state index >= 15 is 0 Å². The molecule has 0 aromatic carbocycles. The summed E-state index contributed by atoms with van der Waals surface area (Å²) in [4.78, 5) is 12.5. The quantitative estimate of drug-likeness (QED) is 0.620. The Morgan fingerprint density at radius 3 is 2.93 bits per heavy atom. The lowest BCUT2D eigenvalue weighted by Gasteiger charge is -2.03. The molecular weight excluding hydrogens is 196 g/mol. The molecule has 1 rings (SSSR count). The van der Waals surface area contributed by atoms with Crippen LogP contribution in [-0.4, -0.2) is 39.2 Å². The highest BCUT2D eigenvalue weighted by atomic mass is 16.1. The molecule has 0 spiro atoms. The summed E-state index contributed by atoms with van der Waals surface area (Å²) < 4.78 is 0. The van der Waals surface area contributed by atoms with Gasteiger partial charge in [-0.3, -0.25) is 4.79 Å². The van der Waals surface area contributed by atoms with E-state index in [-0.39, 0.29) is 12.5 Å². The van der Waals surface area contributed by atoms with Crippen molar-refractivity contribution in [2.75, 3.05) is 13.1 Å². The fourth-order valence-corrected chi connectivity index (χ4v) is 1.01. The SMILES string of the molecule is CCCNC(=O)CNCc1nnn(C)n1. The van der Waals surface area contributed by atoms with E-state index < -0.39 is 0 Å². The third kappa shape index (κ3) is 4.50. The van der Waals surface area contributed by atoms with E-state index in [0.29, 0.717) is 18.9 Å². The van der Waals surface area contributed by atoms with Gasteiger partial charge in [-0.2, -0.15) is 4.80 Å². The standard InChI is InChI=1S/C8H16N6O/c1-3-4-10-8(15)6-9-5-7-11-13-14(2)12-7/h9H,3-6H2,1-2H3,(H,10,15). The van der Waals surface area contributed by atoms with Gasteiger partial charge in [-0.15, -0.1) is 10.2 Å². The average molecular weight is 212 g/mol. The minimum Gasteiger partial charge on any atom is -0.355 e. The molecule has 84 valence electrons. The summed E-state index contributed by atoms with van der Waals surface area (Å²) in [7, 11) is 1.70. The van der Waals surface area contributed by atoms with Crippen molar-refractivity contribution in [3.05, 3.63) is 5.82 Å². The first kappa shape index (κ1) is 11.6. The van der Waals surface area contributed by atoms with Crippen LogP contribution < -0.4 is 10.6 Å². The van der Waals surface area contributed by atoms with E-state index in [4.69, 9.17) is 0 Å². The molecule has 15 heavy (non-hydrogen) atoms. The molecule has 0 fully saturated rings. The van der Waals surface area contributed by atoms with Crippen molar-refractivity contribution in [2.24, 2.45) is 7.05 Å². The molecule has 0 aliphatic carbocycles. The van der Waals surface area contributed by atoms with Crippen LogP contribution in [0.1, 0.15) is 19.2 Å². The summed E-state index contributed by atoms with van der Waals surface area (Å²) in [5.74, 6) is 0.571. The highest BCUT2D eigenvalue weighted by Crippen LogP contribution is 1.82. The van der Waals surface area contributed by atoms with Crippen LogP contribution in [0.2, 0.25) is 0 Å². The van der Waals surface area contributed by atoms with E-state index in [0.717, 1.165) is 6.42 Å². The lowest BCUT2D eigenvalue weighted by atomic mass is 10.4. The topological polar surface area (TPSA) is 84.7 Å². The number of aryl methyl sites for hydroxylation is 1. The van der Waals surface area contributed by atoms with Crippen LogP contribution in [0.15, 0.2) is 0 Å². The van der Waals surface area contributed by atoms with Gasteiger partial charge in [0.15, 0.2) is 5.82 Å². The first-order valence-corrected chi connectivity index (χ1v) is 4.92. The number of carbonyl (C=O) groups excluding carboxylic acids is 1. The number of hydrogen-bond acceptors (Lipinski definition) is 5. The highest BCUT2D eigenvalue weighted by Gasteiger charge is 2.02. The van der Waals surface area contributed by atoms with Crippen LogP contribution >= 0.6 is 0 Å². The van der Waals surface area contributed by atoms with E-state index in [1.807, 2.05) is 6.92 Å². The molecule has 2 N–H and O–H groups in total. The molecule has 0 atom stereocenters. The summed E-state index contributed by atoms with van der Waals surface area (Å²) in [6.45, 7) is 3.45. The summed E-state index contributed by atoms with van der Waals surface area (Å²) in [5, 5.41) is 17.1. The van der Waals surface area contributed by atoms with Crippen molar-refractivity contribution in [3.63, 3.8) is 0 Å². The maximum atomic E-state index is 11.2. The zero-order chi connectivity index (χ0) is 11.1. The summed E-state index contributed by atoms with van der Waals surface area (Å²) in [6, 6.07) is 0. The molecule has 0 saturated heterocycles. The second-order valence-electron chi connectivity index (χ2n) is 3.15. The molecule has 1 heterocycles. The third-order valence-corrected chi connectivity index (χ3v) is 1.69. The summed E-state index contributed by atoms with van der Waals surface area (Å²) >= 11 is 0. The van der Waals surface area contributed by atoms with Crippen LogP contribution in [0.25, 0.3) is 0 Å². The van der Waals surface area contributed by atoms with Gasteiger partial charge in [-0.05, 0) is 11.6 Å². The van der Waals surface area contributed by atoms with Crippen molar-refractivity contribution in [1.29, 1.82) is 0 Å². The third-order valence-electron chi connectivity index (χ3n) is 1.69. The number of tetrazole rings is 1. The van der Waals surface area contributed by atoms with Gasteiger partial charge in [-0.25, -0.2) is 0 Å². The molecule has 0 unspecified atom stereocenters. The maximum absolute atomic E-state index is 11.2. The molecular formula is C8H16N6O. The number of aromatic nitrogens is 4. The van der Waals surface area contributed by atoms with Gasteiger partial charge >= 0.3 is 0 Å². The van der Waals surface area contributed by atoms with Gasteiger partial charge in [0, 0.05) is 6.54 Å². The predicted molar refractivity (Wildman–Crippen MR) is 53.8 cm³/mol. The van der Waals surface area contributed by atoms with E-state index in [1.165, 1.54) is 4.80 Å². The molecule has 0 bridgehead atoms. The van der Waals surface area contributed by atoms with Gasteiger partial charge in [0.25, 0.3) is 0 Å². The van der Waals surface area contributed by atoms with Crippen LogP contribution in [0.5, 0.6) is 0 Å². The van der Waals surface area contributed by atoms with Crippen LogP contribution in [0.4, 0.5) is 0 Å². The van der Waals surface area contributed by atoms with Crippen molar-refractivity contribution < 1.29 is 4.79 Å². The first-order chi connectivity index (χ1) is 7.22. The number of carbonyl (C=O) groups is 1. The van der Waals surface area contributed by atoms with Gasteiger partial charge in [0.05, 0.1) is 20.1 Å². The zero-order valence-corrected chi connectivity index (χ0v) is 9.03. The zero-order valence-electron chi connectivity index (χ0n) is 9.03. The van der Waals surface area contributed by atoms with Crippen LogP contribution in [-0.2, 0) is 18.4 Å². The van der Waals surface area contributed by atoms with E-state index in [9.17, 15) is 4.79 Å². The summed E-state index contributed by atoms with van der Waals surface area (Å²) in [5.41, 5.74) is 0. The molecule has 0 saturated carbocycles. The number of nitrogens with zero attached hydrogens (tertiary/aromatic N) is 4. The van der Waals surface area contributed by atoms with Gasteiger partial charge in [0.1, 0.15) is 0 Å². The number of rotatable bonds is 6. The Balaban J connectivity index is 2.13. The molecule has 1 amide bonds. The van der Waals surface area contributed by atoms with Gasteiger partial charge in [-0.1, -0.05) is 6.92 Å². The van der Waals surface area contributed by atoms with Crippen molar-refractivity contribution >= 4 is 5.91 Å². The van der Waals surface area contributed by atoms with Gasteiger partial charge in [0.2, 0.25) is 5.91 Å². The smallest absolute Gasteiger partial charge is 0.233 e. The fourth-order valence-electron chi connectivity index (χ4n) is 1.01. The Hall–Kier alpha value is -1.50. The second-order valence-corrected chi connectivity index (χ2v) is 3.15. The molecule has 1 aromatic heterocycles. The Morgan fingerprint density at radius 1 is 1.53 bits per heavy atom. The maximum Gasteiger partial charge on any atom is 0.233 e. The largest absolute Gasteiger partial charge is 0.355 e. The number of hydrogen-bond donors (Lipinski definition) is 2. The van der Waals surface area contributed by atoms with Crippen molar-refractivity contribution in [3.8, 4) is 0 Å². The Morgan fingerprint density at radius 2 is 2.33 bits per heavy atom. The van der Waals surface area contributed by atoms with Crippen molar-refractivity contribution in [2.45, 2.75) is 19.9 Å². The Bertz CT molecular complexity index is 310. The molecule has 7 heteroatoms. The Labute approximate surface area is 88.2 Å². The average Bonchev–Trinajstić information content (AvgIpc) is 2.61. The summed E-state index contributed by atoms with van der Waals surface area (Å²) in [6.07, 6.45) is 0.942. The monoisotopic (exact) mass is 212 g/mol. The number of nitrogens with one attached hydrogen (secondary N) is 2. The second kappa shape index (κ2) is 6.07. The van der Waals surface area contributed by atoms with Crippen molar-refractivity contribution in [1.82, 2.24) is 30.8 Å². The predicted octanol–water partition coefficient (Wildman–Crippen LogP) is -1.17. The lowest BCUT2D eigenvalue weighted by molar-refractivity contribution is -0.120. The van der Waals surface area contributed by atoms with E-state index in [1.54, 1.807) is 7.05 Å². The van der Waals surface area contributed by atoms with Gasteiger partial charge < -0.3 is 10.6 Å². The van der Waals surface area contributed by atoms with Crippen LogP contribution in [0.3, 0.4) is 0 Å². The molecule has 0 radical (unpaired) electrons. The van der Waals surface area contributed by atoms with E-state index in [2.05, 4.69) is 26.0 Å². The fraction of sp³-hybridized carbons (Fsp3) is 0.750. The molecule has 0 aliphatic heterocycles. The molecule has 7 nitrogen and oxygen atoms in total.